The van der Waals surface area contributed by atoms with Crippen molar-refractivity contribution in [3.8, 4) is 11.5 Å². The molecule has 3 aromatic rings. The number of carbonyl (C=O) groups excluding carboxylic acids is 1. The van der Waals surface area contributed by atoms with Gasteiger partial charge < -0.3 is 35.2 Å². The van der Waals surface area contributed by atoms with Crippen LogP contribution in [0.4, 0.5) is 5.69 Å². The average Bonchev–Trinajstić information content (AvgIpc) is 3.47. The van der Waals surface area contributed by atoms with Crippen molar-refractivity contribution in [1.82, 2.24) is 20.1 Å². The highest BCUT2D eigenvalue weighted by atomic mass is 32.1. The molecule has 1 atom stereocenters. The molecule has 3 aliphatic heterocycles. The summed E-state index contributed by atoms with van der Waals surface area (Å²) in [6.45, 7) is 8.75. The Hall–Kier alpha value is -3.22. The van der Waals surface area contributed by atoms with Crippen molar-refractivity contribution in [1.29, 1.82) is 0 Å². The molecule has 2 saturated heterocycles. The fourth-order valence-electron chi connectivity index (χ4n) is 6.29. The molecular weight excluding hydrogens is 566 g/mol. The van der Waals surface area contributed by atoms with Crippen LogP contribution in [0.25, 0.3) is 0 Å². The van der Waals surface area contributed by atoms with Gasteiger partial charge in [0.15, 0.2) is 5.75 Å². The maximum atomic E-state index is 13.0. The number of hydrogen-bond donors (Lipinski definition) is 4. The van der Waals surface area contributed by atoms with Crippen LogP contribution in [-0.2, 0) is 17.7 Å². The first kappa shape index (κ1) is 29.8. The number of nitrogens with zero attached hydrogens (tertiary/aromatic N) is 3. The smallest absolute Gasteiger partial charge is 0.273 e. The molecule has 11 heteroatoms. The summed E-state index contributed by atoms with van der Waals surface area (Å²) in [7, 11) is 0. The number of hydrogen-bond acceptors (Lipinski definition) is 10. The number of phenolic OH excluding ortho intramolecular Hbond substituents is 1. The Morgan fingerprint density at radius 1 is 1.19 bits per heavy atom. The summed E-state index contributed by atoms with van der Waals surface area (Å²) in [5.74, 6) is 0.676. The number of ether oxygens (including phenoxy) is 2. The Morgan fingerprint density at radius 3 is 2.84 bits per heavy atom. The van der Waals surface area contributed by atoms with Crippen LogP contribution < -0.4 is 15.4 Å². The number of piperidine rings is 1. The Bertz CT molecular complexity index is 1420. The van der Waals surface area contributed by atoms with Crippen molar-refractivity contribution >= 4 is 22.9 Å². The molecular formula is C32H41N5O5S. The van der Waals surface area contributed by atoms with Gasteiger partial charge >= 0.3 is 0 Å². The van der Waals surface area contributed by atoms with E-state index in [9.17, 15) is 15.0 Å². The van der Waals surface area contributed by atoms with E-state index in [0.29, 0.717) is 62.1 Å². The van der Waals surface area contributed by atoms with Crippen molar-refractivity contribution in [2.24, 2.45) is 0 Å². The Morgan fingerprint density at radius 2 is 2.02 bits per heavy atom. The van der Waals surface area contributed by atoms with Gasteiger partial charge in [0.25, 0.3) is 5.91 Å². The summed E-state index contributed by atoms with van der Waals surface area (Å²) in [6, 6.07) is 12.0. The average molecular weight is 608 g/mol. The number of aliphatic hydroxyl groups excluding tert-OH is 1. The summed E-state index contributed by atoms with van der Waals surface area (Å²) in [5.41, 5.74) is 4.04. The van der Waals surface area contributed by atoms with Crippen LogP contribution in [0.1, 0.15) is 51.1 Å². The second-order valence-electron chi connectivity index (χ2n) is 11.7. The predicted molar refractivity (Wildman–Crippen MR) is 166 cm³/mol. The van der Waals surface area contributed by atoms with E-state index in [2.05, 4.69) is 44.8 Å². The Balaban J connectivity index is 0.959. The number of anilines is 1. The molecule has 3 aliphatic rings. The van der Waals surface area contributed by atoms with Crippen LogP contribution in [-0.4, -0.2) is 95.5 Å². The summed E-state index contributed by atoms with van der Waals surface area (Å²) in [4.78, 5) is 21.8. The fourth-order valence-corrected chi connectivity index (χ4v) is 6.88. The number of rotatable bonds is 9. The third-order valence-corrected chi connectivity index (χ3v) is 9.42. The van der Waals surface area contributed by atoms with Crippen molar-refractivity contribution in [3.63, 3.8) is 0 Å². The number of phenols is 1. The number of fused-ring (bicyclic) bond motifs is 1. The largest absolute Gasteiger partial charge is 0.506 e. The highest BCUT2D eigenvalue weighted by Crippen LogP contribution is 2.41. The van der Waals surface area contributed by atoms with Crippen LogP contribution in [0.5, 0.6) is 11.5 Å². The van der Waals surface area contributed by atoms with Gasteiger partial charge in [0.05, 0.1) is 29.9 Å². The van der Waals surface area contributed by atoms with Gasteiger partial charge in [-0.1, -0.05) is 24.3 Å². The van der Waals surface area contributed by atoms with Gasteiger partial charge in [0.2, 0.25) is 0 Å². The fraction of sp³-hybridized carbons (Fsp3) is 0.500. The Kier molecular flexibility index (Phi) is 9.15. The van der Waals surface area contributed by atoms with E-state index in [1.54, 1.807) is 12.1 Å². The summed E-state index contributed by atoms with van der Waals surface area (Å²) < 4.78 is 12.0. The van der Waals surface area contributed by atoms with Crippen LogP contribution in [0.2, 0.25) is 0 Å². The summed E-state index contributed by atoms with van der Waals surface area (Å²) in [6.07, 6.45) is 1.93. The zero-order valence-corrected chi connectivity index (χ0v) is 25.5. The molecule has 1 unspecified atom stereocenters. The third kappa shape index (κ3) is 6.97. The highest BCUT2D eigenvalue weighted by molar-refractivity contribution is 7.09. The highest BCUT2D eigenvalue weighted by Gasteiger charge is 2.41. The maximum absolute atomic E-state index is 13.0. The normalized spacial score (nSPS) is 19.0. The molecule has 1 amide bonds. The molecule has 230 valence electrons. The second-order valence-corrected chi connectivity index (χ2v) is 12.8. The third-order valence-electron chi connectivity index (χ3n) is 8.64. The quantitative estimate of drug-likeness (QED) is 0.215. The minimum atomic E-state index is -0.738. The number of benzene rings is 2. The minimum Gasteiger partial charge on any atom is -0.506 e. The van der Waals surface area contributed by atoms with E-state index >= 15 is 0 Å². The van der Waals surface area contributed by atoms with Gasteiger partial charge in [-0.15, -0.1) is 11.3 Å². The number of aromatic hydroxyl groups is 1. The van der Waals surface area contributed by atoms with Gasteiger partial charge in [-0.2, -0.15) is 0 Å². The second kappa shape index (κ2) is 13.2. The zero-order chi connectivity index (χ0) is 29.8. The standard InChI is InChI=1S/C32H41N5O5S/c1-22-35-26(20-43-22)31(40)37-14-16-42-32(21-37)8-12-36(13-9-32)19-24-4-2-3-23(17-24)7-10-33-18-28(39)25-5-6-27(38)29-30(25)41-15-11-34-29/h2-6,17,20,28,33-34,38-39H,7-16,18-19,21H2,1H3. The lowest BCUT2D eigenvalue weighted by Crippen LogP contribution is -2.58. The number of carbonyl (C=O) groups is 1. The molecule has 0 bridgehead atoms. The monoisotopic (exact) mass is 607 g/mol. The molecule has 1 aromatic heterocycles. The van der Waals surface area contributed by atoms with Gasteiger partial charge in [0, 0.05) is 50.2 Å². The molecule has 10 nitrogen and oxygen atoms in total. The summed E-state index contributed by atoms with van der Waals surface area (Å²) in [5, 5.41) is 30.2. The van der Waals surface area contributed by atoms with E-state index in [1.807, 2.05) is 17.2 Å². The van der Waals surface area contributed by atoms with Crippen molar-refractivity contribution in [2.75, 3.05) is 64.3 Å². The molecule has 4 heterocycles. The molecule has 43 heavy (non-hydrogen) atoms. The topological polar surface area (TPSA) is 119 Å². The van der Waals surface area contributed by atoms with E-state index in [1.165, 1.54) is 22.5 Å². The van der Waals surface area contributed by atoms with Crippen molar-refractivity contribution < 1.29 is 24.5 Å². The molecule has 2 aromatic carbocycles. The molecule has 1 spiro atoms. The molecule has 2 fully saturated rings. The van der Waals surface area contributed by atoms with Crippen LogP contribution in [0.3, 0.4) is 0 Å². The number of aliphatic hydroxyl groups is 1. The van der Waals surface area contributed by atoms with Gasteiger partial charge in [-0.3, -0.25) is 9.69 Å². The number of likely N-dealkylation sites (tertiary alicyclic amines) is 1. The lowest BCUT2D eigenvalue weighted by Gasteiger charge is -2.47. The van der Waals surface area contributed by atoms with Gasteiger partial charge in [0.1, 0.15) is 23.7 Å². The number of thiazole rings is 1. The SMILES string of the molecule is Cc1nc(C(=O)N2CCOC3(CCN(Cc4cccc(CCNCC(O)c5ccc(O)c6c5OCCN6)c4)CC3)C2)cs1. The van der Waals surface area contributed by atoms with E-state index in [-0.39, 0.29) is 17.3 Å². The van der Waals surface area contributed by atoms with Crippen LogP contribution >= 0.6 is 11.3 Å². The lowest BCUT2D eigenvalue weighted by molar-refractivity contribution is -0.128. The number of amides is 1. The molecule has 0 saturated carbocycles. The van der Waals surface area contributed by atoms with E-state index in [4.69, 9.17) is 9.47 Å². The zero-order valence-electron chi connectivity index (χ0n) is 24.7. The van der Waals surface area contributed by atoms with E-state index in [0.717, 1.165) is 50.4 Å². The molecule has 0 radical (unpaired) electrons. The van der Waals surface area contributed by atoms with Crippen molar-refractivity contribution in [3.05, 3.63) is 69.2 Å². The minimum absolute atomic E-state index is 0.0147. The van der Waals surface area contributed by atoms with E-state index < -0.39 is 6.10 Å². The number of nitrogens with one attached hydrogen (secondary N) is 2. The Labute approximate surface area is 256 Å². The molecule has 6 rings (SSSR count). The number of aromatic nitrogens is 1. The van der Waals surface area contributed by atoms with Gasteiger partial charge in [-0.05, 0) is 56.0 Å². The van der Waals surface area contributed by atoms with Crippen molar-refractivity contribution in [2.45, 2.75) is 44.4 Å². The first-order valence-corrected chi connectivity index (χ1v) is 16.0. The van der Waals surface area contributed by atoms with Crippen LogP contribution in [0, 0.1) is 6.92 Å². The lowest BCUT2D eigenvalue weighted by atomic mass is 9.89. The molecule has 4 N–H and O–H groups in total. The number of aryl methyl sites for hydroxylation is 1. The first-order valence-electron chi connectivity index (χ1n) is 15.2. The number of morpholine rings is 1. The maximum Gasteiger partial charge on any atom is 0.273 e. The first-order chi connectivity index (χ1) is 20.9. The molecule has 0 aliphatic carbocycles. The summed E-state index contributed by atoms with van der Waals surface area (Å²) >= 11 is 1.51. The van der Waals surface area contributed by atoms with Crippen LogP contribution in [0.15, 0.2) is 41.8 Å². The predicted octanol–water partition coefficient (Wildman–Crippen LogP) is 3.33. The van der Waals surface area contributed by atoms with Gasteiger partial charge in [-0.25, -0.2) is 4.98 Å².